The lowest BCUT2D eigenvalue weighted by molar-refractivity contribution is -0.119. The van der Waals surface area contributed by atoms with Crippen molar-refractivity contribution in [3.05, 3.63) is 65.0 Å². The molecule has 0 radical (unpaired) electrons. The Balaban J connectivity index is 1.35. The topological polar surface area (TPSA) is 38.3 Å². The first-order valence-corrected chi connectivity index (χ1v) is 11.0. The maximum atomic E-state index is 13.3. The van der Waals surface area contributed by atoms with Crippen LogP contribution in [0, 0.1) is 5.82 Å². The minimum atomic E-state index is -0.235. The van der Waals surface area contributed by atoms with Crippen LogP contribution in [0.25, 0.3) is 0 Å². The Kier molecular flexibility index (Phi) is 6.02. The van der Waals surface area contributed by atoms with Gasteiger partial charge >= 0.3 is 0 Å². The van der Waals surface area contributed by atoms with Crippen LogP contribution in [-0.4, -0.2) is 31.4 Å². The van der Waals surface area contributed by atoms with Crippen molar-refractivity contribution in [3.8, 4) is 0 Å². The molecule has 0 aromatic heterocycles. The molecule has 3 nitrogen and oxygen atoms in total. The van der Waals surface area contributed by atoms with Crippen LogP contribution in [0.4, 0.5) is 4.39 Å². The zero-order chi connectivity index (χ0) is 19.4. The molecule has 0 atom stereocenters. The van der Waals surface area contributed by atoms with Crippen molar-refractivity contribution in [1.82, 2.24) is 5.32 Å². The van der Waals surface area contributed by atoms with E-state index in [0.29, 0.717) is 25.5 Å². The molecule has 148 valence electrons. The summed E-state index contributed by atoms with van der Waals surface area (Å²) >= 11 is 1.59. The minimum absolute atomic E-state index is 0.0403. The van der Waals surface area contributed by atoms with Crippen molar-refractivity contribution >= 4 is 17.7 Å². The smallest absolute Gasteiger partial charge is 0.230 e. The number of aryl methyl sites for hydroxylation is 2. The second-order valence-electron chi connectivity index (χ2n) is 7.75. The van der Waals surface area contributed by atoms with Gasteiger partial charge in [-0.1, -0.05) is 18.2 Å². The molecule has 1 fully saturated rings. The van der Waals surface area contributed by atoms with Gasteiger partial charge in [-0.15, -0.1) is 11.8 Å². The van der Waals surface area contributed by atoms with Crippen LogP contribution in [0.5, 0.6) is 0 Å². The van der Waals surface area contributed by atoms with Crippen LogP contribution in [0.3, 0.4) is 0 Å². The molecule has 0 saturated carbocycles. The van der Waals surface area contributed by atoms with Crippen molar-refractivity contribution < 1.29 is 13.9 Å². The molecular formula is C23H26FNO2S. The summed E-state index contributed by atoms with van der Waals surface area (Å²) in [5.74, 6) is 0.216. The van der Waals surface area contributed by atoms with Gasteiger partial charge in [0.1, 0.15) is 5.82 Å². The first kappa shape index (κ1) is 19.5. The molecule has 2 aromatic carbocycles. The number of fused-ring (bicyclic) bond motifs is 1. The first-order valence-electron chi connectivity index (χ1n) is 10.00. The fraction of sp³-hybridized carbons (Fsp3) is 0.435. The largest absolute Gasteiger partial charge is 0.381 e. The second kappa shape index (κ2) is 8.66. The number of rotatable bonds is 6. The summed E-state index contributed by atoms with van der Waals surface area (Å²) in [6.07, 6.45) is 5.22. The molecular weight excluding hydrogens is 373 g/mol. The van der Waals surface area contributed by atoms with Crippen molar-refractivity contribution in [2.75, 3.05) is 25.5 Å². The highest BCUT2D eigenvalue weighted by atomic mass is 32.2. The van der Waals surface area contributed by atoms with Gasteiger partial charge in [0, 0.05) is 30.1 Å². The number of halogens is 1. The summed E-state index contributed by atoms with van der Waals surface area (Å²) in [5, 5.41) is 3.12. The lowest BCUT2D eigenvalue weighted by Gasteiger charge is -2.38. The van der Waals surface area contributed by atoms with E-state index in [9.17, 15) is 9.18 Å². The quantitative estimate of drug-likeness (QED) is 0.737. The number of hydrogen-bond acceptors (Lipinski definition) is 3. The fourth-order valence-corrected chi connectivity index (χ4v) is 5.03. The summed E-state index contributed by atoms with van der Waals surface area (Å²) in [4.78, 5) is 13.7. The number of ether oxygens (including phenoxy) is 1. The summed E-state index contributed by atoms with van der Waals surface area (Å²) in [5.41, 5.74) is 3.78. The number of amides is 1. The van der Waals surface area contributed by atoms with E-state index in [4.69, 9.17) is 4.74 Å². The molecule has 1 aliphatic carbocycles. The van der Waals surface area contributed by atoms with Gasteiger partial charge in [-0.2, -0.15) is 0 Å². The highest BCUT2D eigenvalue weighted by Crippen LogP contribution is 2.34. The number of benzene rings is 2. The van der Waals surface area contributed by atoms with E-state index in [-0.39, 0.29) is 17.1 Å². The molecule has 0 bridgehead atoms. The summed E-state index contributed by atoms with van der Waals surface area (Å²) in [7, 11) is 0. The normalized spacial score (nSPS) is 17.9. The Hall–Kier alpha value is -1.85. The molecule has 2 aliphatic rings. The van der Waals surface area contributed by atoms with Crippen LogP contribution >= 0.6 is 11.8 Å². The van der Waals surface area contributed by atoms with Crippen LogP contribution in [-0.2, 0) is 27.8 Å². The Bertz CT molecular complexity index is 831. The Morgan fingerprint density at radius 1 is 1.07 bits per heavy atom. The molecule has 5 heteroatoms. The predicted molar refractivity (Wildman–Crippen MR) is 110 cm³/mol. The predicted octanol–water partition coefficient (Wildman–Crippen LogP) is 4.27. The SMILES string of the molecule is O=C(CSc1ccc2c(c1)CCC2)NCC1(c2ccc(F)cc2)CCOCC1. The van der Waals surface area contributed by atoms with Crippen LogP contribution in [0.1, 0.15) is 36.0 Å². The number of thioether (sulfide) groups is 1. The third-order valence-corrected chi connectivity index (χ3v) is 6.96. The summed E-state index contributed by atoms with van der Waals surface area (Å²) < 4.78 is 18.9. The molecule has 0 spiro atoms. The molecule has 4 rings (SSSR count). The van der Waals surface area contributed by atoms with Crippen LogP contribution in [0.15, 0.2) is 47.4 Å². The Morgan fingerprint density at radius 2 is 1.82 bits per heavy atom. The van der Waals surface area contributed by atoms with E-state index in [1.54, 1.807) is 11.8 Å². The molecule has 2 aromatic rings. The van der Waals surface area contributed by atoms with E-state index in [0.717, 1.165) is 29.7 Å². The van der Waals surface area contributed by atoms with Gasteiger partial charge in [0.25, 0.3) is 0 Å². The third kappa shape index (κ3) is 4.41. The zero-order valence-corrected chi connectivity index (χ0v) is 16.8. The number of carbonyl (C=O) groups excluding carboxylic acids is 1. The Labute approximate surface area is 170 Å². The maximum absolute atomic E-state index is 13.3. The third-order valence-electron chi connectivity index (χ3n) is 5.97. The van der Waals surface area contributed by atoms with Crippen LogP contribution in [0.2, 0.25) is 0 Å². The average Bonchev–Trinajstić information content (AvgIpc) is 3.20. The highest BCUT2D eigenvalue weighted by Gasteiger charge is 2.34. The molecule has 1 saturated heterocycles. The van der Waals surface area contributed by atoms with E-state index >= 15 is 0 Å². The molecule has 1 heterocycles. The van der Waals surface area contributed by atoms with Crippen molar-refractivity contribution in [1.29, 1.82) is 0 Å². The lowest BCUT2D eigenvalue weighted by atomic mass is 9.74. The molecule has 0 unspecified atom stereocenters. The van der Waals surface area contributed by atoms with Gasteiger partial charge in [0.2, 0.25) is 5.91 Å². The van der Waals surface area contributed by atoms with E-state index < -0.39 is 0 Å². The summed E-state index contributed by atoms with van der Waals surface area (Å²) in [6.45, 7) is 1.89. The monoisotopic (exact) mass is 399 g/mol. The van der Waals surface area contributed by atoms with Gasteiger partial charge in [0.05, 0.1) is 5.75 Å². The van der Waals surface area contributed by atoms with Crippen molar-refractivity contribution in [2.45, 2.75) is 42.4 Å². The van der Waals surface area contributed by atoms with Gasteiger partial charge in [-0.05, 0) is 73.1 Å². The highest BCUT2D eigenvalue weighted by molar-refractivity contribution is 8.00. The number of nitrogens with one attached hydrogen (secondary N) is 1. The number of hydrogen-bond donors (Lipinski definition) is 1. The molecule has 1 aliphatic heterocycles. The first-order chi connectivity index (χ1) is 13.6. The molecule has 28 heavy (non-hydrogen) atoms. The van der Waals surface area contributed by atoms with Gasteiger partial charge in [-0.25, -0.2) is 4.39 Å². The lowest BCUT2D eigenvalue weighted by Crippen LogP contribution is -2.45. The van der Waals surface area contributed by atoms with Crippen molar-refractivity contribution in [2.24, 2.45) is 0 Å². The number of carbonyl (C=O) groups is 1. The average molecular weight is 400 g/mol. The summed E-state index contributed by atoms with van der Waals surface area (Å²) in [6, 6.07) is 13.2. The zero-order valence-electron chi connectivity index (χ0n) is 16.0. The van der Waals surface area contributed by atoms with Gasteiger partial charge in [-0.3, -0.25) is 4.79 Å². The standard InChI is InChI=1S/C23H26FNO2S/c24-20-7-5-19(6-8-20)23(10-12-27-13-11-23)16-25-22(26)15-28-21-9-4-17-2-1-3-18(17)14-21/h4-9,14H,1-3,10-13,15-16H2,(H,25,26). The van der Waals surface area contributed by atoms with E-state index in [2.05, 4.69) is 23.5 Å². The van der Waals surface area contributed by atoms with Gasteiger partial charge in [0.15, 0.2) is 0 Å². The maximum Gasteiger partial charge on any atom is 0.230 e. The van der Waals surface area contributed by atoms with Gasteiger partial charge < -0.3 is 10.1 Å². The van der Waals surface area contributed by atoms with Crippen LogP contribution < -0.4 is 5.32 Å². The minimum Gasteiger partial charge on any atom is -0.381 e. The molecule has 1 amide bonds. The Morgan fingerprint density at radius 3 is 2.61 bits per heavy atom. The van der Waals surface area contributed by atoms with E-state index in [1.807, 2.05) is 12.1 Å². The fourth-order valence-electron chi connectivity index (χ4n) is 4.24. The second-order valence-corrected chi connectivity index (χ2v) is 8.80. The molecule has 1 N–H and O–H groups in total. The van der Waals surface area contributed by atoms with E-state index in [1.165, 1.54) is 36.1 Å². The van der Waals surface area contributed by atoms with Crippen molar-refractivity contribution in [3.63, 3.8) is 0 Å².